The van der Waals surface area contributed by atoms with Crippen molar-refractivity contribution in [1.82, 2.24) is 0 Å². The fraction of sp³-hybridized carbons (Fsp3) is 0.375. The molecular formula is C32H32N2O4. The molecule has 4 atom stereocenters. The maximum absolute atomic E-state index is 14.1. The van der Waals surface area contributed by atoms with Crippen LogP contribution in [0.15, 0.2) is 60.7 Å². The molecule has 0 saturated carbocycles. The first-order valence-corrected chi connectivity index (χ1v) is 13.2. The van der Waals surface area contributed by atoms with E-state index in [0.717, 1.165) is 27.2 Å². The Hall–Kier alpha value is -3.80. The Balaban J connectivity index is 1.59. The fourth-order valence-corrected chi connectivity index (χ4v) is 6.76. The van der Waals surface area contributed by atoms with Gasteiger partial charge in [-0.2, -0.15) is 0 Å². The van der Waals surface area contributed by atoms with Gasteiger partial charge < -0.3 is 0 Å². The van der Waals surface area contributed by atoms with Gasteiger partial charge in [-0.25, -0.2) is 4.90 Å². The Morgan fingerprint density at radius 2 is 1.13 bits per heavy atom. The number of hydrogen-bond donors (Lipinski definition) is 0. The highest BCUT2D eigenvalue weighted by Gasteiger charge is 2.62. The van der Waals surface area contributed by atoms with E-state index >= 15 is 0 Å². The number of hydrogen-bond acceptors (Lipinski definition) is 4. The third-order valence-corrected chi connectivity index (χ3v) is 8.68. The summed E-state index contributed by atoms with van der Waals surface area (Å²) in [4.78, 5) is 40.6. The third kappa shape index (κ3) is 3.32. The van der Waals surface area contributed by atoms with Crippen molar-refractivity contribution in [3.8, 4) is 0 Å². The number of nitrogens with zero attached hydrogens (tertiary/aromatic N) is 2. The van der Waals surface area contributed by atoms with E-state index in [1.807, 2.05) is 0 Å². The second-order valence-corrected chi connectivity index (χ2v) is 13.0. The van der Waals surface area contributed by atoms with Crippen molar-refractivity contribution in [1.29, 1.82) is 0 Å². The molecule has 2 bridgehead atoms. The van der Waals surface area contributed by atoms with Gasteiger partial charge in [-0.05, 0) is 50.3 Å². The van der Waals surface area contributed by atoms with Gasteiger partial charge in [-0.3, -0.25) is 19.7 Å². The molecule has 0 unspecified atom stereocenters. The van der Waals surface area contributed by atoms with Crippen LogP contribution in [0.1, 0.15) is 86.8 Å². The molecule has 194 valence electrons. The standard InChI is InChI=1S/C32H32N2O4/c1-31(2,3)17-11-13-19-21(15-17)25-20-14-12-18(32(4,5)6)16-22(20)26(19)28-27(25)29(35)33(30(28)36)23-9-7-8-10-24(23)34(37)38/h7-16,25-28H,1-6H3/t25-,26+,27-,28-/m0/s1. The molecule has 1 fully saturated rings. The molecule has 0 aromatic heterocycles. The van der Waals surface area contributed by atoms with Crippen molar-refractivity contribution >= 4 is 23.2 Å². The molecule has 1 heterocycles. The highest BCUT2D eigenvalue weighted by atomic mass is 16.6. The summed E-state index contributed by atoms with van der Waals surface area (Å²) >= 11 is 0. The van der Waals surface area contributed by atoms with E-state index < -0.39 is 16.8 Å². The first-order chi connectivity index (χ1) is 17.8. The molecule has 7 rings (SSSR count). The summed E-state index contributed by atoms with van der Waals surface area (Å²) in [6.45, 7) is 13.0. The summed E-state index contributed by atoms with van der Waals surface area (Å²) in [5.74, 6) is -2.44. The summed E-state index contributed by atoms with van der Waals surface area (Å²) in [5.41, 5.74) is 6.42. The molecule has 3 aromatic carbocycles. The third-order valence-electron chi connectivity index (χ3n) is 8.68. The number of carbonyl (C=O) groups excluding carboxylic acids is 2. The molecule has 1 aliphatic heterocycles. The van der Waals surface area contributed by atoms with Crippen molar-refractivity contribution < 1.29 is 14.5 Å². The summed E-state index contributed by atoms with van der Waals surface area (Å²) in [6, 6.07) is 19.0. The predicted molar refractivity (Wildman–Crippen MR) is 147 cm³/mol. The fourth-order valence-electron chi connectivity index (χ4n) is 6.76. The maximum Gasteiger partial charge on any atom is 0.293 e. The van der Waals surface area contributed by atoms with Crippen molar-refractivity contribution in [2.45, 2.75) is 64.2 Å². The second kappa shape index (κ2) is 7.85. The average molecular weight is 509 g/mol. The largest absolute Gasteiger partial charge is 0.293 e. The van der Waals surface area contributed by atoms with Crippen LogP contribution in [0.4, 0.5) is 11.4 Å². The zero-order valence-corrected chi connectivity index (χ0v) is 22.6. The quantitative estimate of drug-likeness (QED) is 0.222. The van der Waals surface area contributed by atoms with Crippen molar-refractivity contribution in [3.05, 3.63) is 104 Å². The maximum atomic E-state index is 14.1. The number of para-hydroxylation sites is 2. The van der Waals surface area contributed by atoms with Crippen LogP contribution < -0.4 is 4.90 Å². The van der Waals surface area contributed by atoms with Crippen LogP contribution >= 0.6 is 0 Å². The number of rotatable bonds is 2. The van der Waals surface area contributed by atoms with Crippen molar-refractivity contribution in [2.75, 3.05) is 4.90 Å². The normalized spacial score (nSPS) is 23.8. The molecule has 1 saturated heterocycles. The Labute approximate surface area is 222 Å². The average Bonchev–Trinajstić information content (AvgIpc) is 3.12. The molecule has 2 amide bonds. The summed E-state index contributed by atoms with van der Waals surface area (Å²) in [7, 11) is 0. The summed E-state index contributed by atoms with van der Waals surface area (Å²) in [5, 5.41) is 11.8. The van der Waals surface area contributed by atoms with Crippen LogP contribution in [-0.4, -0.2) is 16.7 Å². The van der Waals surface area contributed by atoms with Gasteiger partial charge in [0, 0.05) is 17.9 Å². The van der Waals surface area contributed by atoms with E-state index in [4.69, 9.17) is 0 Å². The van der Waals surface area contributed by atoms with Crippen LogP contribution in [0.3, 0.4) is 0 Å². The molecule has 6 nitrogen and oxygen atoms in total. The zero-order valence-electron chi connectivity index (χ0n) is 22.6. The molecule has 38 heavy (non-hydrogen) atoms. The Kier molecular flexibility index (Phi) is 5.07. The van der Waals surface area contributed by atoms with E-state index in [1.165, 1.54) is 23.3 Å². The highest BCUT2D eigenvalue weighted by Crippen LogP contribution is 2.62. The van der Waals surface area contributed by atoms with Crippen molar-refractivity contribution in [2.24, 2.45) is 11.8 Å². The Morgan fingerprint density at radius 1 is 0.684 bits per heavy atom. The minimum atomic E-state index is -0.594. The molecule has 0 N–H and O–H groups in total. The number of carbonyl (C=O) groups is 2. The Morgan fingerprint density at radius 3 is 1.55 bits per heavy atom. The monoisotopic (exact) mass is 508 g/mol. The lowest BCUT2D eigenvalue weighted by Crippen LogP contribution is -2.42. The molecule has 3 aliphatic carbocycles. The topological polar surface area (TPSA) is 80.5 Å². The minimum absolute atomic E-state index is 0.0557. The zero-order chi connectivity index (χ0) is 27.3. The van der Waals surface area contributed by atoms with E-state index in [0.29, 0.717) is 0 Å². The van der Waals surface area contributed by atoms with Gasteiger partial charge in [0.2, 0.25) is 11.8 Å². The van der Waals surface area contributed by atoms with E-state index in [-0.39, 0.29) is 45.9 Å². The van der Waals surface area contributed by atoms with Crippen LogP contribution in [-0.2, 0) is 20.4 Å². The smallest absolute Gasteiger partial charge is 0.274 e. The highest BCUT2D eigenvalue weighted by molar-refractivity contribution is 6.24. The lowest BCUT2D eigenvalue weighted by molar-refractivity contribution is -0.384. The van der Waals surface area contributed by atoms with Crippen molar-refractivity contribution in [3.63, 3.8) is 0 Å². The van der Waals surface area contributed by atoms with Gasteiger partial charge in [-0.1, -0.05) is 90.1 Å². The number of nitro groups is 1. The summed E-state index contributed by atoms with van der Waals surface area (Å²) < 4.78 is 0. The second-order valence-electron chi connectivity index (χ2n) is 13.0. The number of amides is 2. The van der Waals surface area contributed by atoms with Gasteiger partial charge in [-0.15, -0.1) is 0 Å². The first-order valence-electron chi connectivity index (χ1n) is 13.2. The molecule has 0 spiro atoms. The SMILES string of the molecule is CC(C)(C)c1ccc2c(c1)[C@H]1c3ccc(C(C)(C)C)cc3[C@H]2[C@@H]2C(=O)N(c3ccccc3[N+](=O)[O-])C(=O)[C@@H]12. The molecular weight excluding hydrogens is 476 g/mol. The molecule has 6 heteroatoms. The number of anilines is 1. The van der Waals surface area contributed by atoms with Gasteiger partial charge >= 0.3 is 0 Å². The Bertz CT molecular complexity index is 1450. The predicted octanol–water partition coefficient (Wildman–Crippen LogP) is 6.59. The van der Waals surface area contributed by atoms with Gasteiger partial charge in [0.05, 0.1) is 16.8 Å². The molecule has 4 aliphatic rings. The van der Waals surface area contributed by atoms with Crippen LogP contribution in [0.5, 0.6) is 0 Å². The van der Waals surface area contributed by atoms with E-state index in [1.54, 1.807) is 12.1 Å². The van der Waals surface area contributed by atoms with Crippen LogP contribution in [0.25, 0.3) is 0 Å². The first kappa shape index (κ1) is 24.5. The van der Waals surface area contributed by atoms with Gasteiger partial charge in [0.1, 0.15) is 5.69 Å². The molecule has 0 radical (unpaired) electrons. The van der Waals surface area contributed by atoms with Gasteiger partial charge in [0.25, 0.3) is 5.69 Å². The van der Waals surface area contributed by atoms with E-state index in [9.17, 15) is 19.7 Å². The lowest BCUT2D eigenvalue weighted by atomic mass is 9.54. The number of imide groups is 1. The van der Waals surface area contributed by atoms with Gasteiger partial charge in [0.15, 0.2) is 0 Å². The molecule has 3 aromatic rings. The van der Waals surface area contributed by atoms with E-state index in [2.05, 4.69) is 77.9 Å². The minimum Gasteiger partial charge on any atom is -0.274 e. The number of nitro benzene ring substituents is 1. The summed E-state index contributed by atoms with van der Waals surface area (Å²) in [6.07, 6.45) is 0. The van der Waals surface area contributed by atoms with Crippen LogP contribution in [0.2, 0.25) is 0 Å². The number of benzene rings is 3. The lowest BCUT2D eigenvalue weighted by Gasteiger charge is -2.47. The van der Waals surface area contributed by atoms with Crippen LogP contribution in [0, 0.1) is 22.0 Å².